The molecule has 1 aromatic rings. The van der Waals surface area contributed by atoms with Crippen LogP contribution in [-0.4, -0.2) is 11.4 Å². The molecule has 0 amide bonds. The second-order valence-electron chi connectivity index (χ2n) is 2.81. The van der Waals surface area contributed by atoms with Gasteiger partial charge in [0.1, 0.15) is 10.6 Å². The molecule has 1 aromatic carbocycles. The zero-order valence-corrected chi connectivity index (χ0v) is 9.78. The molecule has 1 N–H and O–H groups in total. The highest BCUT2D eigenvalue weighted by atomic mass is 32.5. The first kappa shape index (κ1) is 15.7. The largest absolute Gasteiger partial charge is 0.507 e. The van der Waals surface area contributed by atoms with Crippen LogP contribution in [0.2, 0.25) is 0 Å². The van der Waals surface area contributed by atoms with Crippen molar-refractivity contribution in [1.82, 2.24) is 0 Å². The minimum atomic E-state index is -9.78. The van der Waals surface area contributed by atoms with Crippen LogP contribution >= 0.6 is 10.2 Å². The SMILES string of the molecule is CC.O=Cc1cc(S(F)(F)(F)(F)F)ccc1O. The first-order valence-electron chi connectivity index (χ1n) is 4.46. The monoisotopic (exact) mass is 278 g/mol. The minimum absolute atomic E-state index is 0.0316. The molecule has 0 radical (unpaired) electrons. The first-order chi connectivity index (χ1) is 7.44. The van der Waals surface area contributed by atoms with E-state index in [9.17, 15) is 24.2 Å². The summed E-state index contributed by atoms with van der Waals surface area (Å²) in [6.45, 7) is 4.00. The summed E-state index contributed by atoms with van der Waals surface area (Å²) in [5.41, 5.74) is -0.833. The van der Waals surface area contributed by atoms with Crippen molar-refractivity contribution in [2.24, 2.45) is 0 Å². The number of benzene rings is 1. The van der Waals surface area contributed by atoms with Crippen LogP contribution in [0.25, 0.3) is 0 Å². The standard InChI is InChI=1S/C7H5F5O2S.C2H6/c8-15(9,10,11,12)6-1-2-7(14)5(3-6)4-13;1-2/h1-4,14H;1-2H3. The zero-order valence-electron chi connectivity index (χ0n) is 8.96. The summed E-state index contributed by atoms with van der Waals surface area (Å²) < 4.78 is 61.0. The van der Waals surface area contributed by atoms with Gasteiger partial charge in [-0.05, 0) is 18.2 Å². The van der Waals surface area contributed by atoms with Crippen molar-refractivity contribution in [3.63, 3.8) is 0 Å². The van der Waals surface area contributed by atoms with Crippen molar-refractivity contribution < 1.29 is 29.3 Å². The van der Waals surface area contributed by atoms with Crippen LogP contribution in [-0.2, 0) is 0 Å². The first-order valence-corrected chi connectivity index (χ1v) is 6.41. The topological polar surface area (TPSA) is 37.3 Å². The number of phenolic OH excluding ortho intramolecular Hbond substituents is 1. The molecule has 0 saturated heterocycles. The minimum Gasteiger partial charge on any atom is -0.507 e. The van der Waals surface area contributed by atoms with Gasteiger partial charge in [-0.3, -0.25) is 4.79 Å². The number of hydrogen-bond acceptors (Lipinski definition) is 2. The second-order valence-corrected chi connectivity index (χ2v) is 5.22. The van der Waals surface area contributed by atoms with E-state index in [4.69, 9.17) is 5.11 Å². The van der Waals surface area contributed by atoms with Gasteiger partial charge in [-0.1, -0.05) is 33.3 Å². The fourth-order valence-corrected chi connectivity index (χ4v) is 1.54. The number of rotatable bonds is 2. The molecule has 1 rings (SSSR count). The molecule has 0 spiro atoms. The highest BCUT2D eigenvalue weighted by Crippen LogP contribution is 3.02. The molecular formula is C9H11F5O2S. The number of hydrogen-bond donors (Lipinski definition) is 1. The predicted octanol–water partition coefficient (Wildman–Crippen LogP) is 4.89. The number of halogens is 5. The second kappa shape index (κ2) is 3.86. The van der Waals surface area contributed by atoms with Gasteiger partial charge in [0.25, 0.3) is 0 Å². The van der Waals surface area contributed by atoms with Gasteiger partial charge in [0.05, 0.1) is 5.56 Å². The van der Waals surface area contributed by atoms with E-state index in [2.05, 4.69) is 0 Å². The quantitative estimate of drug-likeness (QED) is 0.617. The highest BCUT2D eigenvalue weighted by Gasteiger charge is 2.65. The van der Waals surface area contributed by atoms with Crippen molar-refractivity contribution in [2.45, 2.75) is 18.7 Å². The average molecular weight is 278 g/mol. The molecule has 0 bridgehead atoms. The van der Waals surface area contributed by atoms with Gasteiger partial charge in [-0.25, -0.2) is 0 Å². The molecule has 0 saturated carbocycles. The number of carbonyl (C=O) groups is 1. The molecule has 0 atom stereocenters. The third-order valence-corrected chi connectivity index (χ3v) is 2.72. The van der Waals surface area contributed by atoms with Crippen molar-refractivity contribution >= 4 is 16.5 Å². The van der Waals surface area contributed by atoms with Gasteiger partial charge < -0.3 is 5.11 Å². The smallest absolute Gasteiger partial charge is 0.310 e. The van der Waals surface area contributed by atoms with E-state index in [1.165, 1.54) is 0 Å². The van der Waals surface area contributed by atoms with Gasteiger partial charge in [-0.2, -0.15) is 0 Å². The van der Waals surface area contributed by atoms with Crippen LogP contribution in [0.1, 0.15) is 24.2 Å². The maximum Gasteiger partial charge on any atom is 0.310 e. The molecule has 0 unspecified atom stereocenters. The summed E-state index contributed by atoms with van der Waals surface area (Å²) in [5, 5.41) is 8.84. The Kier molecular flexibility index (Phi) is 3.57. The van der Waals surface area contributed by atoms with Crippen LogP contribution in [0.5, 0.6) is 5.75 Å². The van der Waals surface area contributed by atoms with Crippen LogP contribution in [0.3, 0.4) is 0 Å². The number of phenols is 1. The normalized spacial score (nSPS) is 15.0. The van der Waals surface area contributed by atoms with E-state index in [1.54, 1.807) is 0 Å². The van der Waals surface area contributed by atoms with Gasteiger partial charge in [0, 0.05) is 0 Å². The fourth-order valence-electron chi connectivity index (χ4n) is 0.867. The molecule has 0 aromatic heterocycles. The van der Waals surface area contributed by atoms with Crippen LogP contribution in [0, 0.1) is 0 Å². The molecule has 17 heavy (non-hydrogen) atoms. The lowest BCUT2D eigenvalue weighted by atomic mass is 10.2. The molecule has 0 fully saturated rings. The Balaban J connectivity index is 0.00000121. The number of aromatic hydroxyl groups is 1. The van der Waals surface area contributed by atoms with E-state index < -0.39 is 26.4 Å². The molecular weight excluding hydrogens is 267 g/mol. The van der Waals surface area contributed by atoms with Crippen LogP contribution in [0.4, 0.5) is 19.4 Å². The molecule has 0 aliphatic rings. The van der Waals surface area contributed by atoms with E-state index in [0.29, 0.717) is 6.07 Å². The average Bonchev–Trinajstić information content (AvgIpc) is 2.17. The summed E-state index contributed by atoms with van der Waals surface area (Å²) in [6.07, 6.45) is -0.137. The van der Waals surface area contributed by atoms with Crippen molar-refractivity contribution in [3.05, 3.63) is 23.8 Å². The Morgan fingerprint density at radius 1 is 1.12 bits per heavy atom. The predicted molar refractivity (Wildman–Crippen MR) is 56.2 cm³/mol. The van der Waals surface area contributed by atoms with Gasteiger partial charge in [0.15, 0.2) is 6.29 Å². The van der Waals surface area contributed by atoms with Gasteiger partial charge in [0.2, 0.25) is 0 Å². The maximum atomic E-state index is 12.2. The third-order valence-electron chi connectivity index (χ3n) is 1.57. The van der Waals surface area contributed by atoms with Gasteiger partial charge >= 0.3 is 10.2 Å². The summed E-state index contributed by atoms with van der Waals surface area (Å²) in [5.74, 6) is -0.782. The van der Waals surface area contributed by atoms with E-state index >= 15 is 0 Å². The van der Waals surface area contributed by atoms with Crippen LogP contribution < -0.4 is 0 Å². The van der Waals surface area contributed by atoms with Crippen molar-refractivity contribution in [2.75, 3.05) is 0 Å². The summed E-state index contributed by atoms with van der Waals surface area (Å²) in [4.78, 5) is 7.96. The third kappa shape index (κ3) is 4.22. The Morgan fingerprint density at radius 3 is 1.94 bits per heavy atom. The molecule has 0 aliphatic carbocycles. The number of aldehydes is 1. The highest BCUT2D eigenvalue weighted by molar-refractivity contribution is 8.45. The van der Waals surface area contributed by atoms with Gasteiger partial charge in [-0.15, -0.1) is 0 Å². The lowest BCUT2D eigenvalue weighted by Crippen LogP contribution is -2.06. The van der Waals surface area contributed by atoms with E-state index in [-0.39, 0.29) is 18.4 Å². The lowest BCUT2D eigenvalue weighted by Gasteiger charge is -2.40. The summed E-state index contributed by atoms with van der Waals surface area (Å²) in [6, 6.07) is 0.352. The van der Waals surface area contributed by atoms with E-state index in [0.717, 1.165) is 0 Å². The Morgan fingerprint density at radius 2 is 1.59 bits per heavy atom. The lowest BCUT2D eigenvalue weighted by molar-refractivity contribution is 0.112. The Bertz CT molecular complexity index is 426. The summed E-state index contributed by atoms with van der Waals surface area (Å²) in [7, 11) is -9.78. The van der Waals surface area contributed by atoms with Crippen molar-refractivity contribution in [1.29, 1.82) is 0 Å². The number of carbonyl (C=O) groups excluding carboxylic acids is 1. The molecule has 0 aliphatic heterocycles. The Hall–Kier alpha value is -1.31. The summed E-state index contributed by atoms with van der Waals surface area (Å²) >= 11 is 0. The molecule has 100 valence electrons. The zero-order chi connectivity index (χ0) is 14.0. The van der Waals surface area contributed by atoms with Crippen molar-refractivity contribution in [3.8, 4) is 5.75 Å². The van der Waals surface area contributed by atoms with Crippen LogP contribution in [0.15, 0.2) is 23.1 Å². The van der Waals surface area contributed by atoms with E-state index in [1.807, 2.05) is 13.8 Å². The fraction of sp³-hybridized carbons (Fsp3) is 0.222. The molecule has 8 heteroatoms. The molecule has 0 heterocycles. The maximum absolute atomic E-state index is 12.2. The Labute approximate surface area is 94.8 Å². The molecule has 2 nitrogen and oxygen atoms in total.